The van der Waals surface area contributed by atoms with E-state index in [1.807, 2.05) is 30.3 Å². The fourth-order valence-electron chi connectivity index (χ4n) is 1.92. The first-order valence-corrected chi connectivity index (χ1v) is 6.73. The van der Waals surface area contributed by atoms with Crippen molar-refractivity contribution in [1.29, 1.82) is 0 Å². The summed E-state index contributed by atoms with van der Waals surface area (Å²) in [5.74, 6) is 0.908. The first-order valence-electron chi connectivity index (χ1n) is 6.73. The molecule has 0 radical (unpaired) electrons. The van der Waals surface area contributed by atoms with E-state index >= 15 is 0 Å². The largest absolute Gasteiger partial charge is 0.460 e. The highest BCUT2D eigenvalue weighted by atomic mass is 16.5. The molecule has 1 amide bonds. The van der Waals surface area contributed by atoms with Gasteiger partial charge in [-0.25, -0.2) is 0 Å². The lowest BCUT2D eigenvalue weighted by molar-refractivity contribution is -0.121. The predicted molar refractivity (Wildman–Crippen MR) is 77.4 cm³/mol. The minimum absolute atomic E-state index is 0.0270. The summed E-state index contributed by atoms with van der Waals surface area (Å²) in [7, 11) is 1.61. The van der Waals surface area contributed by atoms with Crippen molar-refractivity contribution in [2.24, 2.45) is 0 Å². The van der Waals surface area contributed by atoms with Crippen LogP contribution in [-0.2, 0) is 16.1 Å². The van der Waals surface area contributed by atoms with Crippen LogP contribution in [0, 0.1) is 0 Å². The third kappa shape index (κ3) is 4.36. The maximum atomic E-state index is 11.4. The third-order valence-electron chi connectivity index (χ3n) is 2.93. The lowest BCUT2D eigenvalue weighted by Crippen LogP contribution is -2.29. The van der Waals surface area contributed by atoms with E-state index in [0.717, 1.165) is 16.7 Å². The zero-order valence-electron chi connectivity index (χ0n) is 11.6. The second-order valence-corrected chi connectivity index (χ2v) is 4.52. The van der Waals surface area contributed by atoms with Crippen LogP contribution >= 0.6 is 0 Å². The van der Waals surface area contributed by atoms with Gasteiger partial charge in [-0.3, -0.25) is 4.79 Å². The van der Waals surface area contributed by atoms with Crippen LogP contribution in [0.4, 0.5) is 0 Å². The van der Waals surface area contributed by atoms with Crippen LogP contribution < -0.4 is 10.6 Å². The molecule has 1 aromatic heterocycles. The van der Waals surface area contributed by atoms with Crippen LogP contribution in [0.15, 0.2) is 34.7 Å². The van der Waals surface area contributed by atoms with Gasteiger partial charge in [0.25, 0.3) is 0 Å². The summed E-state index contributed by atoms with van der Waals surface area (Å²) in [5, 5.41) is 7.07. The van der Waals surface area contributed by atoms with E-state index in [4.69, 9.17) is 9.15 Å². The van der Waals surface area contributed by atoms with Crippen LogP contribution in [0.1, 0.15) is 12.2 Å². The Labute approximate surface area is 118 Å². The predicted octanol–water partition coefficient (Wildman–Crippen LogP) is 1.68. The summed E-state index contributed by atoms with van der Waals surface area (Å²) in [6.07, 6.45) is 0.448. The maximum absolute atomic E-state index is 11.4. The number of methoxy groups -OCH3 is 1. The number of fused-ring (bicyclic) bond motifs is 1. The van der Waals surface area contributed by atoms with E-state index in [1.165, 1.54) is 0 Å². The van der Waals surface area contributed by atoms with Crippen molar-refractivity contribution in [2.45, 2.75) is 13.0 Å². The Morgan fingerprint density at radius 2 is 2.15 bits per heavy atom. The fraction of sp³-hybridized carbons (Fsp3) is 0.400. The summed E-state index contributed by atoms with van der Waals surface area (Å²) >= 11 is 0. The second-order valence-electron chi connectivity index (χ2n) is 4.52. The number of amides is 1. The minimum atomic E-state index is 0.0270. The van der Waals surface area contributed by atoms with Crippen molar-refractivity contribution in [2.75, 3.05) is 26.8 Å². The normalized spacial score (nSPS) is 10.8. The standard InChI is InChI=1S/C15H20N2O3/c1-19-9-8-17-15(18)6-7-16-11-13-10-12-4-2-3-5-14(12)20-13/h2-5,10,16H,6-9,11H2,1H3,(H,17,18). The van der Waals surface area contributed by atoms with Crippen molar-refractivity contribution in [1.82, 2.24) is 10.6 Å². The van der Waals surface area contributed by atoms with Crippen molar-refractivity contribution in [3.8, 4) is 0 Å². The molecule has 1 heterocycles. The molecule has 2 aromatic rings. The van der Waals surface area contributed by atoms with Crippen LogP contribution in [-0.4, -0.2) is 32.7 Å². The number of para-hydroxylation sites is 1. The average molecular weight is 276 g/mol. The number of carbonyl (C=O) groups excluding carboxylic acids is 1. The van der Waals surface area contributed by atoms with E-state index < -0.39 is 0 Å². The Hall–Kier alpha value is -1.85. The van der Waals surface area contributed by atoms with Gasteiger partial charge in [0.15, 0.2) is 0 Å². The molecule has 0 aliphatic heterocycles. The van der Waals surface area contributed by atoms with Gasteiger partial charge in [0, 0.05) is 32.0 Å². The molecule has 0 atom stereocenters. The van der Waals surface area contributed by atoms with Gasteiger partial charge in [0.2, 0.25) is 5.91 Å². The lowest BCUT2D eigenvalue weighted by Gasteiger charge is -2.05. The number of furan rings is 1. The number of carbonyl (C=O) groups is 1. The molecule has 0 saturated carbocycles. The number of hydrogen-bond acceptors (Lipinski definition) is 4. The smallest absolute Gasteiger partial charge is 0.221 e. The molecule has 5 nitrogen and oxygen atoms in total. The Morgan fingerprint density at radius 1 is 1.30 bits per heavy atom. The van der Waals surface area contributed by atoms with Gasteiger partial charge in [-0.1, -0.05) is 18.2 Å². The summed E-state index contributed by atoms with van der Waals surface area (Å²) in [4.78, 5) is 11.4. The van der Waals surface area contributed by atoms with Gasteiger partial charge in [-0.2, -0.15) is 0 Å². The molecule has 2 N–H and O–H groups in total. The van der Waals surface area contributed by atoms with E-state index in [-0.39, 0.29) is 5.91 Å². The molecule has 0 fully saturated rings. The Bertz CT molecular complexity index is 518. The highest BCUT2D eigenvalue weighted by molar-refractivity contribution is 5.77. The van der Waals surface area contributed by atoms with Gasteiger partial charge < -0.3 is 19.8 Å². The lowest BCUT2D eigenvalue weighted by atomic mass is 10.2. The van der Waals surface area contributed by atoms with E-state index in [2.05, 4.69) is 10.6 Å². The van der Waals surface area contributed by atoms with E-state index in [9.17, 15) is 4.79 Å². The van der Waals surface area contributed by atoms with Crippen molar-refractivity contribution >= 4 is 16.9 Å². The molecule has 0 aliphatic carbocycles. The van der Waals surface area contributed by atoms with Gasteiger partial charge in [0.1, 0.15) is 11.3 Å². The molecule has 0 unspecified atom stereocenters. The van der Waals surface area contributed by atoms with Crippen LogP contribution in [0.5, 0.6) is 0 Å². The molecule has 0 spiro atoms. The van der Waals surface area contributed by atoms with Crippen molar-refractivity contribution in [3.05, 3.63) is 36.1 Å². The quantitative estimate of drug-likeness (QED) is 0.720. The van der Waals surface area contributed by atoms with Crippen molar-refractivity contribution in [3.63, 3.8) is 0 Å². The highest BCUT2D eigenvalue weighted by Crippen LogP contribution is 2.18. The maximum Gasteiger partial charge on any atom is 0.221 e. The molecule has 2 rings (SSSR count). The zero-order valence-corrected chi connectivity index (χ0v) is 11.6. The first kappa shape index (κ1) is 14.6. The first-order chi connectivity index (χ1) is 9.79. The van der Waals surface area contributed by atoms with Gasteiger partial charge in [-0.05, 0) is 12.1 Å². The highest BCUT2D eigenvalue weighted by Gasteiger charge is 2.03. The van der Waals surface area contributed by atoms with Crippen LogP contribution in [0.3, 0.4) is 0 Å². The number of nitrogens with one attached hydrogen (secondary N) is 2. The molecule has 0 aliphatic rings. The Kier molecular flexibility index (Phi) is 5.58. The molecule has 20 heavy (non-hydrogen) atoms. The van der Waals surface area contributed by atoms with E-state index in [0.29, 0.717) is 32.7 Å². The zero-order chi connectivity index (χ0) is 14.2. The Balaban J connectivity index is 1.67. The minimum Gasteiger partial charge on any atom is -0.460 e. The molecule has 5 heteroatoms. The summed E-state index contributed by atoms with van der Waals surface area (Å²) in [5.41, 5.74) is 0.890. The summed E-state index contributed by atoms with van der Waals surface area (Å²) in [6, 6.07) is 9.92. The number of ether oxygens (including phenoxy) is 1. The SMILES string of the molecule is COCCNC(=O)CCNCc1cc2ccccc2o1. The summed E-state index contributed by atoms with van der Waals surface area (Å²) < 4.78 is 10.5. The molecule has 108 valence electrons. The van der Waals surface area contributed by atoms with Crippen LogP contribution in [0.25, 0.3) is 11.0 Å². The Morgan fingerprint density at radius 3 is 2.95 bits per heavy atom. The van der Waals surface area contributed by atoms with Crippen molar-refractivity contribution < 1.29 is 13.9 Å². The third-order valence-corrected chi connectivity index (χ3v) is 2.93. The fourth-order valence-corrected chi connectivity index (χ4v) is 1.92. The van der Waals surface area contributed by atoms with Gasteiger partial charge in [0.05, 0.1) is 13.2 Å². The molecule has 0 saturated heterocycles. The second kappa shape index (κ2) is 7.67. The molecular weight excluding hydrogens is 256 g/mol. The topological polar surface area (TPSA) is 63.5 Å². The van der Waals surface area contributed by atoms with Crippen LogP contribution in [0.2, 0.25) is 0 Å². The number of benzene rings is 1. The number of rotatable bonds is 8. The molecular formula is C15H20N2O3. The van der Waals surface area contributed by atoms with Gasteiger partial charge in [-0.15, -0.1) is 0 Å². The average Bonchev–Trinajstić information content (AvgIpc) is 2.86. The molecule has 0 bridgehead atoms. The van der Waals surface area contributed by atoms with Gasteiger partial charge >= 0.3 is 0 Å². The monoisotopic (exact) mass is 276 g/mol. The molecule has 1 aromatic carbocycles. The van der Waals surface area contributed by atoms with E-state index in [1.54, 1.807) is 7.11 Å². The number of hydrogen-bond donors (Lipinski definition) is 2. The summed E-state index contributed by atoms with van der Waals surface area (Å²) in [6.45, 7) is 2.34.